The van der Waals surface area contributed by atoms with Crippen LogP contribution in [0.1, 0.15) is 154 Å². The summed E-state index contributed by atoms with van der Waals surface area (Å²) in [5.74, 6) is 0. The van der Waals surface area contributed by atoms with Gasteiger partial charge in [0.15, 0.2) is 0 Å². The smallest absolute Gasteiger partial charge is 0.493 e. The van der Waals surface area contributed by atoms with Crippen LogP contribution in [0.15, 0.2) is 59.7 Å². The Morgan fingerprint density at radius 1 is 0.532 bits per heavy atom. The summed E-state index contributed by atoms with van der Waals surface area (Å²) in [5.41, 5.74) is 22.3. The first kappa shape index (κ1) is 45.2. The van der Waals surface area contributed by atoms with Crippen LogP contribution >= 0.6 is 0 Å². The van der Waals surface area contributed by atoms with Gasteiger partial charge < -0.3 is 20.4 Å². The van der Waals surface area contributed by atoms with Crippen LogP contribution in [0.4, 0.5) is 0 Å². The van der Waals surface area contributed by atoms with Crippen molar-refractivity contribution < 1.29 is 21.2 Å². The van der Waals surface area contributed by atoms with Crippen molar-refractivity contribution in [2.45, 2.75) is 162 Å². The summed E-state index contributed by atoms with van der Waals surface area (Å²) in [6.07, 6.45) is 18.3. The van der Waals surface area contributed by atoms with Gasteiger partial charge in [0.05, 0.1) is 8.07 Å². The Labute approximate surface area is 303 Å². The van der Waals surface area contributed by atoms with Crippen LogP contribution in [0.25, 0.3) is 16.9 Å². The number of unbranched alkanes of at least 4 members (excludes halogenated alkanes) is 9. The van der Waals surface area contributed by atoms with E-state index in [1.54, 1.807) is 4.70 Å². The fraction of sp³-hybridized carbons (Fsp3) is 0.581. The third kappa shape index (κ3) is 12.9. The number of nitrogens with zero attached hydrogens (tertiary/aromatic N) is 2. The van der Waals surface area contributed by atoms with E-state index in [1.807, 2.05) is 0 Å². The molecule has 0 radical (unpaired) electrons. The maximum atomic E-state index is 12.2. The summed E-state index contributed by atoms with van der Waals surface area (Å²) in [7, 11) is -1.31. The molecule has 0 atom stereocenters. The molecule has 47 heavy (non-hydrogen) atoms. The van der Waals surface area contributed by atoms with E-state index in [0.29, 0.717) is 0 Å². The molecule has 1 heterocycles. The van der Waals surface area contributed by atoms with Crippen LogP contribution in [-0.2, 0) is 29.0 Å². The normalized spacial score (nSPS) is 13.0. The summed E-state index contributed by atoms with van der Waals surface area (Å²) in [5, 5.41) is 0. The summed E-state index contributed by atoms with van der Waals surface area (Å²) in [6, 6.07) is 23.6. The molecule has 0 saturated heterocycles. The SMILES string of the molecule is CCCCCCCCC1=C(c2cccc(CCCCCC)c2)[N+](=[N-])C(c2cccc(C[Si](CC)(CC)CC)c2)=C1CCCC.[CH3-].[CH3-].[Ni+2]. The van der Waals surface area contributed by atoms with Gasteiger partial charge in [0, 0.05) is 22.3 Å². The molecule has 0 saturated carbocycles. The van der Waals surface area contributed by atoms with E-state index >= 15 is 0 Å². The molecule has 2 nitrogen and oxygen atoms in total. The number of hydrogen-bond acceptors (Lipinski definition) is 0. The van der Waals surface area contributed by atoms with Crippen molar-refractivity contribution >= 4 is 19.5 Å². The molecule has 4 heteroatoms. The summed E-state index contributed by atoms with van der Waals surface area (Å²) < 4.78 is 1.61. The standard InChI is InChI=1S/C41H64N2Si.2CH3.Ni/c1-7-13-16-18-19-21-30-39-38(29-15-9-3)41(37-28-23-26-35(32-37)33-44(10-4,11-5)12-6)43(42)40(39)36-27-22-25-34(31-36)24-20-17-14-8-2;;;/h22-23,25-28,31-32H,7-21,24,29-30,33H2,1-6H3;2*1H3;/q;2*-1;+2. The number of rotatable bonds is 22. The zero-order chi connectivity index (χ0) is 31.8. The number of aryl methyl sites for hydroxylation is 1. The Hall–Kier alpha value is -1.77. The van der Waals surface area contributed by atoms with Gasteiger partial charge in [-0.15, -0.1) is 0 Å². The van der Waals surface area contributed by atoms with Gasteiger partial charge in [0.2, 0.25) is 11.4 Å². The van der Waals surface area contributed by atoms with Crippen molar-refractivity contribution in [3.63, 3.8) is 0 Å². The molecule has 0 aromatic heterocycles. The van der Waals surface area contributed by atoms with E-state index in [-0.39, 0.29) is 31.3 Å². The average molecular weight is 702 g/mol. The molecule has 0 unspecified atom stereocenters. The first-order valence-electron chi connectivity index (χ1n) is 18.6. The van der Waals surface area contributed by atoms with Crippen LogP contribution in [-0.4, -0.2) is 12.8 Å². The van der Waals surface area contributed by atoms with Gasteiger partial charge in [-0.2, -0.15) is 0 Å². The van der Waals surface area contributed by atoms with Gasteiger partial charge in [-0.25, -0.2) is 4.70 Å². The molecule has 0 bridgehead atoms. The number of hydrogen-bond donors (Lipinski definition) is 0. The minimum Gasteiger partial charge on any atom is -0.493 e. The fourth-order valence-electron chi connectivity index (χ4n) is 7.24. The monoisotopic (exact) mass is 700 g/mol. The number of allylic oxidation sites excluding steroid dienone is 2. The van der Waals surface area contributed by atoms with Crippen LogP contribution in [0.5, 0.6) is 0 Å². The third-order valence-corrected chi connectivity index (χ3v) is 16.1. The van der Waals surface area contributed by atoms with Crippen LogP contribution in [0.2, 0.25) is 18.1 Å². The van der Waals surface area contributed by atoms with E-state index in [4.69, 9.17) is 0 Å². The van der Waals surface area contributed by atoms with E-state index in [9.17, 15) is 5.53 Å². The Morgan fingerprint density at radius 2 is 0.957 bits per heavy atom. The van der Waals surface area contributed by atoms with E-state index in [1.165, 1.54) is 122 Å². The molecule has 2 aromatic carbocycles. The largest absolute Gasteiger partial charge is 2.00 e. The molecular weight excluding hydrogens is 631 g/mol. The van der Waals surface area contributed by atoms with Crippen molar-refractivity contribution in [2.24, 2.45) is 0 Å². The van der Waals surface area contributed by atoms with E-state index in [0.717, 1.165) is 43.5 Å². The first-order valence-corrected chi connectivity index (χ1v) is 21.4. The molecular formula is C43H70N2NiSi. The van der Waals surface area contributed by atoms with Gasteiger partial charge in [0.25, 0.3) is 0 Å². The molecule has 3 rings (SSSR count). The third-order valence-electron chi connectivity index (χ3n) is 10.5. The Balaban J connectivity index is 0.00000705. The van der Waals surface area contributed by atoms with E-state index in [2.05, 4.69) is 90.1 Å². The van der Waals surface area contributed by atoms with Gasteiger partial charge in [-0.3, -0.25) is 0 Å². The van der Waals surface area contributed by atoms with E-state index < -0.39 is 8.07 Å². The molecule has 266 valence electrons. The predicted octanol–water partition coefficient (Wildman–Crippen LogP) is 14.4. The maximum absolute atomic E-state index is 12.2. The second kappa shape index (κ2) is 24.4. The molecule has 0 spiro atoms. The molecule has 1 aliphatic rings. The zero-order valence-electron chi connectivity index (χ0n) is 31.8. The quantitative estimate of drug-likeness (QED) is 0.0505. The number of benzene rings is 2. The Bertz CT molecular complexity index is 1230. The average Bonchev–Trinajstić information content (AvgIpc) is 3.33. The molecule has 1 aliphatic heterocycles. The molecule has 0 aliphatic carbocycles. The summed E-state index contributed by atoms with van der Waals surface area (Å²) >= 11 is 0. The van der Waals surface area contributed by atoms with Crippen molar-refractivity contribution in [1.29, 1.82) is 0 Å². The molecule has 0 fully saturated rings. The van der Waals surface area contributed by atoms with Crippen molar-refractivity contribution in [2.75, 3.05) is 0 Å². The van der Waals surface area contributed by atoms with Crippen molar-refractivity contribution in [3.8, 4) is 0 Å². The predicted molar refractivity (Wildman–Crippen MR) is 209 cm³/mol. The summed E-state index contributed by atoms with van der Waals surface area (Å²) in [6.45, 7) is 14.1. The maximum Gasteiger partial charge on any atom is 2.00 e. The minimum absolute atomic E-state index is 0. The van der Waals surface area contributed by atoms with Crippen molar-refractivity contribution in [1.82, 2.24) is 0 Å². The Morgan fingerprint density at radius 3 is 1.49 bits per heavy atom. The van der Waals surface area contributed by atoms with Gasteiger partial charge in [-0.1, -0.05) is 142 Å². The second-order valence-corrected chi connectivity index (χ2v) is 19.0. The van der Waals surface area contributed by atoms with Gasteiger partial charge in [-0.05, 0) is 80.0 Å². The molecule has 0 amide bonds. The Kier molecular flexibility index (Phi) is 23.5. The van der Waals surface area contributed by atoms with Crippen LogP contribution < -0.4 is 0 Å². The van der Waals surface area contributed by atoms with Crippen LogP contribution in [0, 0.1) is 14.9 Å². The molecule has 2 aromatic rings. The fourth-order valence-corrected chi connectivity index (χ4v) is 10.6. The van der Waals surface area contributed by atoms with Gasteiger partial charge >= 0.3 is 16.5 Å². The van der Waals surface area contributed by atoms with Crippen LogP contribution in [0.3, 0.4) is 0 Å². The minimum atomic E-state index is -1.31. The zero-order valence-corrected chi connectivity index (χ0v) is 33.8. The topological polar surface area (TPSA) is 25.3 Å². The molecule has 0 N–H and O–H groups in total. The second-order valence-electron chi connectivity index (χ2n) is 13.5. The first-order chi connectivity index (χ1) is 21.5. The summed E-state index contributed by atoms with van der Waals surface area (Å²) in [4.78, 5) is 0. The van der Waals surface area contributed by atoms with Crippen molar-refractivity contribution in [3.05, 3.63) is 102 Å². The van der Waals surface area contributed by atoms with Gasteiger partial charge in [0.1, 0.15) is 0 Å².